The number of rotatable bonds is 3. The van der Waals surface area contributed by atoms with Gasteiger partial charge >= 0.3 is 0 Å². The van der Waals surface area contributed by atoms with Crippen LogP contribution in [0.5, 0.6) is 0 Å². The van der Waals surface area contributed by atoms with Gasteiger partial charge in [0.05, 0.1) is 0 Å². The van der Waals surface area contributed by atoms with Gasteiger partial charge in [-0.1, -0.05) is 12.2 Å². The fourth-order valence-corrected chi connectivity index (χ4v) is 1.28. The molecule has 0 saturated carbocycles. The van der Waals surface area contributed by atoms with Crippen LogP contribution in [-0.4, -0.2) is 22.1 Å². The zero-order chi connectivity index (χ0) is 9.52. The quantitative estimate of drug-likeness (QED) is 0.773. The standard InChI is InChI=1S/C9H12N2S2/c1-13-9(12)11-7-4-8-2-5-10-6-3-8/h2-3,5-6H,4,7H2,1H3,(H,11,12). The highest BCUT2D eigenvalue weighted by Crippen LogP contribution is 1.98. The largest absolute Gasteiger partial charge is 0.371 e. The third-order valence-electron chi connectivity index (χ3n) is 1.62. The summed E-state index contributed by atoms with van der Waals surface area (Å²) in [5, 5.41) is 3.15. The third kappa shape index (κ3) is 4.24. The topological polar surface area (TPSA) is 24.9 Å². The van der Waals surface area contributed by atoms with E-state index in [1.165, 1.54) is 5.56 Å². The Bertz CT molecular complexity index is 262. The van der Waals surface area contributed by atoms with Crippen LogP contribution in [-0.2, 0) is 6.42 Å². The predicted octanol–water partition coefficient (Wildman–Crippen LogP) is 1.86. The Labute approximate surface area is 88.1 Å². The van der Waals surface area contributed by atoms with E-state index in [2.05, 4.69) is 10.3 Å². The monoisotopic (exact) mass is 212 g/mol. The molecule has 0 amide bonds. The smallest absolute Gasteiger partial charge is 0.133 e. The second-order valence-electron chi connectivity index (χ2n) is 2.52. The van der Waals surface area contributed by atoms with E-state index in [1.807, 2.05) is 30.8 Å². The Kier molecular flexibility index (Phi) is 4.78. The van der Waals surface area contributed by atoms with Crippen LogP contribution in [0.1, 0.15) is 5.56 Å². The number of nitrogens with zero attached hydrogens (tertiary/aromatic N) is 1. The predicted molar refractivity (Wildman–Crippen MR) is 62.1 cm³/mol. The lowest BCUT2D eigenvalue weighted by Gasteiger charge is -2.04. The third-order valence-corrected chi connectivity index (χ3v) is 2.78. The maximum Gasteiger partial charge on any atom is 0.133 e. The van der Waals surface area contributed by atoms with E-state index >= 15 is 0 Å². The molecule has 2 nitrogen and oxygen atoms in total. The summed E-state index contributed by atoms with van der Waals surface area (Å²) in [5.74, 6) is 0. The molecule has 0 aliphatic carbocycles. The van der Waals surface area contributed by atoms with E-state index in [0.29, 0.717) is 0 Å². The molecule has 4 heteroatoms. The van der Waals surface area contributed by atoms with Crippen LogP contribution in [0, 0.1) is 0 Å². The lowest BCUT2D eigenvalue weighted by molar-refractivity contribution is 0.880. The average Bonchev–Trinajstić information content (AvgIpc) is 2.19. The molecule has 0 unspecified atom stereocenters. The van der Waals surface area contributed by atoms with Crippen molar-refractivity contribution < 1.29 is 0 Å². The summed E-state index contributed by atoms with van der Waals surface area (Å²) >= 11 is 6.58. The van der Waals surface area contributed by atoms with Gasteiger partial charge in [-0.2, -0.15) is 0 Å². The molecule has 1 aromatic rings. The van der Waals surface area contributed by atoms with Crippen LogP contribution in [0.15, 0.2) is 24.5 Å². The number of hydrogen-bond acceptors (Lipinski definition) is 3. The molecule has 1 heterocycles. The lowest BCUT2D eigenvalue weighted by Crippen LogP contribution is -2.20. The second-order valence-corrected chi connectivity index (χ2v) is 4.01. The van der Waals surface area contributed by atoms with Gasteiger partial charge in [0.25, 0.3) is 0 Å². The van der Waals surface area contributed by atoms with E-state index in [-0.39, 0.29) is 0 Å². The maximum absolute atomic E-state index is 5.01. The first-order valence-corrected chi connectivity index (χ1v) is 5.67. The Morgan fingerprint density at radius 1 is 1.54 bits per heavy atom. The maximum atomic E-state index is 5.01. The van der Waals surface area contributed by atoms with Gasteiger partial charge in [-0.3, -0.25) is 4.98 Å². The first-order chi connectivity index (χ1) is 6.33. The number of nitrogens with one attached hydrogen (secondary N) is 1. The molecule has 0 spiro atoms. The van der Waals surface area contributed by atoms with Gasteiger partial charge in [0.2, 0.25) is 0 Å². The van der Waals surface area contributed by atoms with Crippen molar-refractivity contribution in [3.63, 3.8) is 0 Å². The number of thiocarbonyl (C=S) groups is 1. The van der Waals surface area contributed by atoms with Crippen LogP contribution in [0.2, 0.25) is 0 Å². The van der Waals surface area contributed by atoms with Crippen LogP contribution in [0.4, 0.5) is 0 Å². The zero-order valence-corrected chi connectivity index (χ0v) is 9.12. The molecular weight excluding hydrogens is 200 g/mol. The fourth-order valence-electron chi connectivity index (χ4n) is 0.931. The van der Waals surface area contributed by atoms with Crippen LogP contribution >= 0.6 is 24.0 Å². The summed E-state index contributed by atoms with van der Waals surface area (Å²) in [6.45, 7) is 0.893. The highest BCUT2D eigenvalue weighted by Gasteiger charge is 1.93. The minimum absolute atomic E-state index is 0.856. The first kappa shape index (κ1) is 10.5. The Morgan fingerprint density at radius 2 is 2.23 bits per heavy atom. The Balaban J connectivity index is 2.24. The normalized spacial score (nSPS) is 9.62. The summed E-state index contributed by atoms with van der Waals surface area (Å²) in [4.78, 5) is 3.95. The van der Waals surface area contributed by atoms with Gasteiger partial charge < -0.3 is 5.32 Å². The van der Waals surface area contributed by atoms with Gasteiger partial charge in [-0.05, 0) is 30.4 Å². The molecule has 0 saturated heterocycles. The molecule has 0 aliphatic rings. The first-order valence-electron chi connectivity index (χ1n) is 4.03. The summed E-state index contributed by atoms with van der Waals surface area (Å²) in [5.41, 5.74) is 1.28. The number of aromatic nitrogens is 1. The lowest BCUT2D eigenvalue weighted by atomic mass is 10.2. The highest BCUT2D eigenvalue weighted by atomic mass is 32.2. The van der Waals surface area contributed by atoms with Gasteiger partial charge in [0, 0.05) is 18.9 Å². The summed E-state index contributed by atoms with van der Waals surface area (Å²) < 4.78 is 0.856. The Hall–Kier alpha value is -0.610. The Morgan fingerprint density at radius 3 is 2.85 bits per heavy atom. The molecule has 13 heavy (non-hydrogen) atoms. The second kappa shape index (κ2) is 5.94. The van der Waals surface area contributed by atoms with Crippen molar-refractivity contribution in [1.29, 1.82) is 0 Å². The molecule has 0 fully saturated rings. The molecule has 0 aromatic carbocycles. The molecule has 1 rings (SSSR count). The van der Waals surface area contributed by atoms with E-state index in [1.54, 1.807) is 11.8 Å². The van der Waals surface area contributed by atoms with Crippen molar-refractivity contribution >= 4 is 28.3 Å². The number of thioether (sulfide) groups is 1. The van der Waals surface area contributed by atoms with E-state index in [0.717, 1.165) is 17.3 Å². The van der Waals surface area contributed by atoms with Crippen LogP contribution in [0.25, 0.3) is 0 Å². The molecule has 1 N–H and O–H groups in total. The van der Waals surface area contributed by atoms with Crippen molar-refractivity contribution in [2.75, 3.05) is 12.8 Å². The molecule has 0 atom stereocenters. The molecule has 0 aliphatic heterocycles. The number of pyridine rings is 1. The SMILES string of the molecule is CSC(=S)NCCc1ccncc1. The van der Waals surface area contributed by atoms with E-state index < -0.39 is 0 Å². The molecular formula is C9H12N2S2. The van der Waals surface area contributed by atoms with Crippen LogP contribution < -0.4 is 5.32 Å². The van der Waals surface area contributed by atoms with Crippen molar-refractivity contribution in [1.82, 2.24) is 10.3 Å². The van der Waals surface area contributed by atoms with Gasteiger partial charge in [0.15, 0.2) is 0 Å². The molecule has 0 radical (unpaired) electrons. The molecule has 0 bridgehead atoms. The summed E-state index contributed by atoms with van der Waals surface area (Å²) in [6, 6.07) is 4.04. The van der Waals surface area contributed by atoms with Crippen molar-refractivity contribution in [3.8, 4) is 0 Å². The van der Waals surface area contributed by atoms with Gasteiger partial charge in [-0.25, -0.2) is 0 Å². The highest BCUT2D eigenvalue weighted by molar-refractivity contribution is 8.22. The van der Waals surface area contributed by atoms with Gasteiger partial charge in [0.1, 0.15) is 4.32 Å². The molecule has 1 aromatic heterocycles. The van der Waals surface area contributed by atoms with Crippen molar-refractivity contribution in [2.24, 2.45) is 0 Å². The zero-order valence-electron chi connectivity index (χ0n) is 7.49. The molecule has 70 valence electrons. The van der Waals surface area contributed by atoms with Gasteiger partial charge in [-0.15, -0.1) is 11.8 Å². The summed E-state index contributed by atoms with van der Waals surface area (Å²) in [7, 11) is 0. The van der Waals surface area contributed by atoms with E-state index in [9.17, 15) is 0 Å². The van der Waals surface area contributed by atoms with Crippen LogP contribution in [0.3, 0.4) is 0 Å². The van der Waals surface area contributed by atoms with Crippen molar-refractivity contribution in [2.45, 2.75) is 6.42 Å². The average molecular weight is 212 g/mol. The minimum Gasteiger partial charge on any atom is -0.371 e. The minimum atomic E-state index is 0.856. The van der Waals surface area contributed by atoms with E-state index in [4.69, 9.17) is 12.2 Å². The summed E-state index contributed by atoms with van der Waals surface area (Å²) in [6.07, 6.45) is 6.58. The van der Waals surface area contributed by atoms with Crippen molar-refractivity contribution in [3.05, 3.63) is 30.1 Å². The fraction of sp³-hybridized carbons (Fsp3) is 0.333. The number of hydrogen-bond donors (Lipinski definition) is 1.